The molecule has 1 aromatic heterocycles. The van der Waals surface area contributed by atoms with E-state index in [0.29, 0.717) is 12.1 Å². The Balaban J connectivity index is 2.65. The van der Waals surface area contributed by atoms with Crippen LogP contribution in [0.25, 0.3) is 6.08 Å². The molecule has 0 aromatic carbocycles. The van der Waals surface area contributed by atoms with E-state index in [-0.39, 0.29) is 5.91 Å². The molecular formula is C13H18N2O3S. The molecule has 1 heterocycles. The maximum Gasteiger partial charge on any atom is 0.328 e. The van der Waals surface area contributed by atoms with E-state index >= 15 is 0 Å². The molecule has 19 heavy (non-hydrogen) atoms. The molecule has 1 rings (SSSR count). The normalized spacial score (nSPS) is 11.2. The number of nitrogens with zero attached hydrogens (tertiary/aromatic N) is 2. The molecule has 0 unspecified atom stereocenters. The zero-order chi connectivity index (χ0) is 14.4. The lowest BCUT2D eigenvalue weighted by atomic mass is 10.2. The third-order valence-corrected chi connectivity index (χ3v) is 3.38. The molecule has 0 spiro atoms. The van der Waals surface area contributed by atoms with Gasteiger partial charge in [-0.3, -0.25) is 4.79 Å². The second kappa shape index (κ2) is 7.06. The minimum atomic E-state index is -0.996. The van der Waals surface area contributed by atoms with E-state index in [4.69, 9.17) is 5.11 Å². The number of hydrogen-bond acceptors (Lipinski definition) is 4. The van der Waals surface area contributed by atoms with Gasteiger partial charge in [0.1, 0.15) is 0 Å². The van der Waals surface area contributed by atoms with E-state index in [9.17, 15) is 9.59 Å². The van der Waals surface area contributed by atoms with Gasteiger partial charge in [-0.1, -0.05) is 0 Å². The lowest BCUT2D eigenvalue weighted by Gasteiger charge is -2.19. The Bertz CT molecular complexity index is 480. The van der Waals surface area contributed by atoms with Crippen LogP contribution in [0.1, 0.15) is 15.2 Å². The van der Waals surface area contributed by atoms with E-state index in [1.807, 2.05) is 19.0 Å². The van der Waals surface area contributed by atoms with Gasteiger partial charge in [0, 0.05) is 36.5 Å². The second-order valence-electron chi connectivity index (χ2n) is 4.44. The third-order valence-electron chi connectivity index (χ3n) is 2.49. The van der Waals surface area contributed by atoms with Crippen molar-refractivity contribution in [3.05, 3.63) is 28.0 Å². The lowest BCUT2D eigenvalue weighted by Crippen LogP contribution is -2.33. The number of carboxylic acid groups (broad SMARTS) is 1. The van der Waals surface area contributed by atoms with Crippen molar-refractivity contribution in [3.63, 3.8) is 0 Å². The Labute approximate surface area is 116 Å². The van der Waals surface area contributed by atoms with Crippen molar-refractivity contribution in [2.24, 2.45) is 0 Å². The summed E-state index contributed by atoms with van der Waals surface area (Å²) in [6, 6.07) is 1.71. The molecule has 0 atom stereocenters. The van der Waals surface area contributed by atoms with E-state index < -0.39 is 5.97 Å². The van der Waals surface area contributed by atoms with Crippen LogP contribution >= 0.6 is 11.3 Å². The van der Waals surface area contributed by atoms with Crippen molar-refractivity contribution in [1.29, 1.82) is 0 Å². The number of thiophene rings is 1. The predicted molar refractivity (Wildman–Crippen MR) is 76.5 cm³/mol. The molecule has 1 aromatic rings. The van der Waals surface area contributed by atoms with Crippen LogP contribution in [-0.4, -0.2) is 61.0 Å². The van der Waals surface area contributed by atoms with Crippen molar-refractivity contribution in [1.82, 2.24) is 9.80 Å². The van der Waals surface area contributed by atoms with Crippen molar-refractivity contribution < 1.29 is 14.7 Å². The van der Waals surface area contributed by atoms with Crippen LogP contribution in [0.3, 0.4) is 0 Å². The van der Waals surface area contributed by atoms with Crippen LogP contribution < -0.4 is 0 Å². The molecule has 6 heteroatoms. The first-order valence-electron chi connectivity index (χ1n) is 5.80. The molecule has 0 bridgehead atoms. The number of hydrogen-bond donors (Lipinski definition) is 1. The molecule has 0 aliphatic rings. The number of carboxylic acids is 1. The van der Waals surface area contributed by atoms with Gasteiger partial charge in [-0.15, -0.1) is 11.3 Å². The Kier molecular flexibility index (Phi) is 5.72. The summed E-state index contributed by atoms with van der Waals surface area (Å²) >= 11 is 1.35. The standard InChI is InChI=1S/C13H18N2O3S/c1-14(2)6-7-15(3)13(18)10-8-11(19-9-10)4-5-12(16)17/h4-5,8-9H,6-7H2,1-3H3,(H,16,17). The smallest absolute Gasteiger partial charge is 0.328 e. The molecule has 0 fully saturated rings. The summed E-state index contributed by atoms with van der Waals surface area (Å²) in [4.78, 5) is 26.9. The average Bonchev–Trinajstić information content (AvgIpc) is 2.81. The highest BCUT2D eigenvalue weighted by molar-refractivity contribution is 7.11. The number of carbonyl (C=O) groups excluding carboxylic acids is 1. The molecule has 0 aliphatic heterocycles. The summed E-state index contributed by atoms with van der Waals surface area (Å²) in [5.74, 6) is -1.04. The molecule has 0 saturated carbocycles. The van der Waals surface area contributed by atoms with E-state index in [1.54, 1.807) is 23.4 Å². The Hall–Kier alpha value is -1.66. The van der Waals surface area contributed by atoms with Gasteiger partial charge in [0.2, 0.25) is 0 Å². The molecule has 1 amide bonds. The van der Waals surface area contributed by atoms with Crippen LogP contribution in [-0.2, 0) is 4.79 Å². The highest BCUT2D eigenvalue weighted by atomic mass is 32.1. The van der Waals surface area contributed by atoms with Crippen LogP contribution in [0.4, 0.5) is 0 Å². The molecule has 104 valence electrons. The van der Waals surface area contributed by atoms with Gasteiger partial charge in [-0.05, 0) is 26.2 Å². The largest absolute Gasteiger partial charge is 0.478 e. The van der Waals surface area contributed by atoms with Crippen molar-refractivity contribution in [2.75, 3.05) is 34.2 Å². The van der Waals surface area contributed by atoms with Crippen molar-refractivity contribution in [3.8, 4) is 0 Å². The summed E-state index contributed by atoms with van der Waals surface area (Å²) in [5.41, 5.74) is 0.594. The Morgan fingerprint density at radius 3 is 2.58 bits per heavy atom. The predicted octanol–water partition coefficient (Wildman–Crippen LogP) is 1.48. The topological polar surface area (TPSA) is 60.9 Å². The number of carbonyl (C=O) groups is 2. The highest BCUT2D eigenvalue weighted by Crippen LogP contribution is 2.17. The first kappa shape index (κ1) is 15.4. The summed E-state index contributed by atoms with van der Waals surface area (Å²) < 4.78 is 0. The maximum absolute atomic E-state index is 12.1. The number of aliphatic carboxylic acids is 1. The van der Waals surface area contributed by atoms with Crippen molar-refractivity contribution >= 4 is 29.3 Å². The Morgan fingerprint density at radius 1 is 1.32 bits per heavy atom. The molecule has 0 radical (unpaired) electrons. The van der Waals surface area contributed by atoms with Gasteiger partial charge in [0.25, 0.3) is 5.91 Å². The van der Waals surface area contributed by atoms with E-state index in [1.165, 1.54) is 17.4 Å². The molecule has 1 N–H and O–H groups in total. The van der Waals surface area contributed by atoms with Crippen LogP contribution in [0.5, 0.6) is 0 Å². The van der Waals surface area contributed by atoms with E-state index in [2.05, 4.69) is 0 Å². The summed E-state index contributed by atoms with van der Waals surface area (Å²) in [6.07, 6.45) is 2.56. The SMILES string of the molecule is CN(C)CCN(C)C(=O)c1csc(C=CC(=O)O)c1. The first-order valence-corrected chi connectivity index (χ1v) is 6.68. The van der Waals surface area contributed by atoms with Gasteiger partial charge >= 0.3 is 5.97 Å². The lowest BCUT2D eigenvalue weighted by molar-refractivity contribution is -0.131. The van der Waals surface area contributed by atoms with Gasteiger partial charge in [0.15, 0.2) is 0 Å². The van der Waals surface area contributed by atoms with E-state index in [0.717, 1.165) is 17.5 Å². The second-order valence-corrected chi connectivity index (χ2v) is 5.38. The van der Waals surface area contributed by atoms with Gasteiger partial charge in [0.05, 0.1) is 5.56 Å². The van der Waals surface area contributed by atoms with Crippen LogP contribution in [0.2, 0.25) is 0 Å². The summed E-state index contributed by atoms with van der Waals surface area (Å²) in [6.45, 7) is 1.46. The first-order chi connectivity index (χ1) is 8.90. The zero-order valence-corrected chi connectivity index (χ0v) is 12.1. The number of likely N-dealkylation sites (N-methyl/N-ethyl adjacent to an activating group) is 2. The third kappa shape index (κ3) is 5.23. The summed E-state index contributed by atoms with van der Waals surface area (Å²) in [5, 5.41) is 10.3. The van der Waals surface area contributed by atoms with Crippen LogP contribution in [0, 0.1) is 0 Å². The van der Waals surface area contributed by atoms with Gasteiger partial charge in [-0.25, -0.2) is 4.79 Å². The fraction of sp³-hybridized carbons (Fsp3) is 0.385. The fourth-order valence-corrected chi connectivity index (χ4v) is 2.15. The molecule has 0 saturated heterocycles. The highest BCUT2D eigenvalue weighted by Gasteiger charge is 2.13. The number of rotatable bonds is 6. The minimum absolute atomic E-state index is 0.0481. The molecule has 5 nitrogen and oxygen atoms in total. The minimum Gasteiger partial charge on any atom is -0.478 e. The quantitative estimate of drug-likeness (QED) is 0.803. The maximum atomic E-state index is 12.1. The fourth-order valence-electron chi connectivity index (χ4n) is 1.38. The average molecular weight is 282 g/mol. The number of amides is 1. The van der Waals surface area contributed by atoms with Gasteiger partial charge in [-0.2, -0.15) is 0 Å². The van der Waals surface area contributed by atoms with Crippen LogP contribution in [0.15, 0.2) is 17.5 Å². The van der Waals surface area contributed by atoms with Crippen molar-refractivity contribution in [2.45, 2.75) is 0 Å². The zero-order valence-electron chi connectivity index (χ0n) is 11.3. The summed E-state index contributed by atoms with van der Waals surface area (Å²) in [7, 11) is 5.67. The molecular weight excluding hydrogens is 264 g/mol. The Morgan fingerprint density at radius 2 is 2.00 bits per heavy atom. The molecule has 0 aliphatic carbocycles. The monoisotopic (exact) mass is 282 g/mol. The van der Waals surface area contributed by atoms with Gasteiger partial charge < -0.3 is 14.9 Å².